The molecule has 20 heavy (non-hydrogen) atoms. The predicted molar refractivity (Wildman–Crippen MR) is 69.0 cm³/mol. The maximum atomic E-state index is 12.2. The Hall–Kier alpha value is -1.64. The van der Waals surface area contributed by atoms with Gasteiger partial charge in [0.2, 0.25) is 10.0 Å². The lowest BCUT2D eigenvalue weighted by Crippen LogP contribution is -2.61. The third-order valence-electron chi connectivity index (χ3n) is 2.86. The molecule has 0 spiro atoms. The lowest BCUT2D eigenvalue weighted by molar-refractivity contribution is -0.139. The summed E-state index contributed by atoms with van der Waals surface area (Å²) in [7, 11) is -3.62. The zero-order chi connectivity index (χ0) is 15.0. The average molecular weight is 301 g/mol. The fourth-order valence-electron chi connectivity index (χ4n) is 1.89. The highest BCUT2D eigenvalue weighted by Gasteiger charge is 2.43. The van der Waals surface area contributed by atoms with E-state index in [1.807, 2.05) is 0 Å². The maximum Gasteiger partial charge on any atom is 0.341 e. The molecule has 2 N–H and O–H groups in total. The molecule has 1 saturated heterocycles. The third-order valence-corrected chi connectivity index (χ3v) is 4.66. The zero-order valence-electron chi connectivity index (χ0n) is 10.8. The highest BCUT2D eigenvalue weighted by atomic mass is 32.2. The molecule has 8 heteroatoms. The Kier molecular flexibility index (Phi) is 3.72. The number of β-amino-alcohol motifs (C(OH)–C–C–N with tert-alkyl or cyclic N) is 1. The number of aliphatic hydroxyl groups is 1. The first-order valence-electron chi connectivity index (χ1n) is 5.88. The van der Waals surface area contributed by atoms with E-state index in [-0.39, 0.29) is 23.7 Å². The standard InChI is InChI=1S/C12H15NO6S/c1-12(16)7-13(8-12)20(17,18)10-4-2-9(3-5-10)19-6-11(14)15/h2-5,16H,6-8H2,1H3,(H,14,15). The molecule has 1 aromatic carbocycles. The number of carboxylic acid groups (broad SMARTS) is 1. The fraction of sp³-hybridized carbons (Fsp3) is 0.417. The van der Waals surface area contributed by atoms with Gasteiger partial charge in [-0.25, -0.2) is 13.2 Å². The first-order valence-corrected chi connectivity index (χ1v) is 7.32. The first kappa shape index (κ1) is 14.8. The molecule has 7 nitrogen and oxygen atoms in total. The maximum absolute atomic E-state index is 12.2. The summed E-state index contributed by atoms with van der Waals surface area (Å²) >= 11 is 0. The van der Waals surface area contributed by atoms with Gasteiger partial charge in [0.25, 0.3) is 0 Å². The lowest BCUT2D eigenvalue weighted by atomic mass is 10.0. The Morgan fingerprint density at radius 3 is 2.35 bits per heavy atom. The molecule has 0 amide bonds. The minimum absolute atomic E-state index is 0.0621. The summed E-state index contributed by atoms with van der Waals surface area (Å²) in [5, 5.41) is 18.0. The van der Waals surface area contributed by atoms with Crippen LogP contribution < -0.4 is 4.74 Å². The number of ether oxygens (including phenoxy) is 1. The van der Waals surface area contributed by atoms with Crippen molar-refractivity contribution in [2.24, 2.45) is 0 Å². The summed E-state index contributed by atoms with van der Waals surface area (Å²) in [5.41, 5.74) is -0.975. The van der Waals surface area contributed by atoms with Crippen LogP contribution in [0.5, 0.6) is 5.75 Å². The van der Waals surface area contributed by atoms with E-state index in [0.29, 0.717) is 0 Å². The second kappa shape index (κ2) is 5.04. The zero-order valence-corrected chi connectivity index (χ0v) is 11.6. The summed E-state index contributed by atoms with van der Waals surface area (Å²) in [6.45, 7) is 1.21. The number of carboxylic acids is 1. The first-order chi connectivity index (χ1) is 9.21. The van der Waals surface area contributed by atoms with Gasteiger partial charge >= 0.3 is 5.97 Å². The molecule has 1 aromatic rings. The number of carbonyl (C=O) groups is 1. The van der Waals surface area contributed by atoms with E-state index in [1.54, 1.807) is 6.92 Å². The number of hydrogen-bond donors (Lipinski definition) is 2. The van der Waals surface area contributed by atoms with Gasteiger partial charge in [0, 0.05) is 13.1 Å². The number of nitrogens with zero attached hydrogens (tertiary/aromatic N) is 1. The molecule has 1 aliphatic rings. The Morgan fingerprint density at radius 1 is 1.35 bits per heavy atom. The Labute approximate surface area is 116 Å². The second-order valence-corrected chi connectivity index (χ2v) is 6.86. The molecule has 0 unspecified atom stereocenters. The Balaban J connectivity index is 2.08. The van der Waals surface area contributed by atoms with Crippen molar-refractivity contribution >= 4 is 16.0 Å². The van der Waals surface area contributed by atoms with Gasteiger partial charge in [-0.2, -0.15) is 4.31 Å². The largest absolute Gasteiger partial charge is 0.482 e. The highest BCUT2D eigenvalue weighted by Crippen LogP contribution is 2.28. The smallest absolute Gasteiger partial charge is 0.341 e. The predicted octanol–water partition coefficient (Wildman–Crippen LogP) is -0.0947. The van der Waals surface area contributed by atoms with Gasteiger partial charge in [-0.1, -0.05) is 0 Å². The van der Waals surface area contributed by atoms with Crippen LogP contribution in [0, 0.1) is 0 Å². The summed E-state index contributed by atoms with van der Waals surface area (Å²) in [6.07, 6.45) is 0. The van der Waals surface area contributed by atoms with Crippen molar-refractivity contribution in [3.05, 3.63) is 24.3 Å². The van der Waals surface area contributed by atoms with Gasteiger partial charge < -0.3 is 14.9 Å². The molecule has 0 aliphatic carbocycles. The fourth-order valence-corrected chi connectivity index (χ4v) is 3.56. The SMILES string of the molecule is CC1(O)CN(S(=O)(=O)c2ccc(OCC(=O)O)cc2)C1. The summed E-state index contributed by atoms with van der Waals surface area (Å²) in [5.74, 6) is -0.827. The van der Waals surface area contributed by atoms with Crippen LogP contribution in [0.2, 0.25) is 0 Å². The Morgan fingerprint density at radius 2 is 1.90 bits per heavy atom. The lowest BCUT2D eigenvalue weighted by Gasteiger charge is -2.42. The van der Waals surface area contributed by atoms with Crippen molar-refractivity contribution in [1.82, 2.24) is 4.31 Å². The van der Waals surface area contributed by atoms with Crippen LogP contribution in [0.3, 0.4) is 0 Å². The van der Waals surface area contributed by atoms with Crippen LogP contribution in [-0.2, 0) is 14.8 Å². The molecule has 0 saturated carbocycles. The molecule has 0 aromatic heterocycles. The van der Waals surface area contributed by atoms with Crippen molar-refractivity contribution in [3.63, 3.8) is 0 Å². The van der Waals surface area contributed by atoms with Crippen molar-refractivity contribution in [3.8, 4) is 5.75 Å². The van der Waals surface area contributed by atoms with Crippen LogP contribution in [0.1, 0.15) is 6.92 Å². The van der Waals surface area contributed by atoms with E-state index in [0.717, 1.165) is 0 Å². The van der Waals surface area contributed by atoms with Gasteiger partial charge in [-0.3, -0.25) is 0 Å². The number of benzene rings is 1. The summed E-state index contributed by atoms with van der Waals surface area (Å²) in [4.78, 5) is 10.4. The van der Waals surface area contributed by atoms with Crippen LogP contribution in [0.4, 0.5) is 0 Å². The van der Waals surface area contributed by atoms with Crippen molar-refractivity contribution in [2.75, 3.05) is 19.7 Å². The van der Waals surface area contributed by atoms with Crippen molar-refractivity contribution < 1.29 is 28.2 Å². The topological polar surface area (TPSA) is 104 Å². The quantitative estimate of drug-likeness (QED) is 0.787. The van der Waals surface area contributed by atoms with E-state index in [1.165, 1.54) is 28.6 Å². The molecule has 1 heterocycles. The van der Waals surface area contributed by atoms with Gasteiger partial charge in [0.1, 0.15) is 5.75 Å². The minimum atomic E-state index is -3.62. The number of sulfonamides is 1. The van der Waals surface area contributed by atoms with E-state index in [4.69, 9.17) is 9.84 Å². The molecular weight excluding hydrogens is 286 g/mol. The van der Waals surface area contributed by atoms with Gasteiger partial charge in [-0.05, 0) is 31.2 Å². The molecule has 1 aliphatic heterocycles. The van der Waals surface area contributed by atoms with Gasteiger partial charge in [-0.15, -0.1) is 0 Å². The molecule has 0 atom stereocenters. The number of rotatable bonds is 5. The van der Waals surface area contributed by atoms with Crippen molar-refractivity contribution in [1.29, 1.82) is 0 Å². The van der Waals surface area contributed by atoms with Gasteiger partial charge in [0.15, 0.2) is 6.61 Å². The highest BCUT2D eigenvalue weighted by molar-refractivity contribution is 7.89. The van der Waals surface area contributed by atoms with Crippen LogP contribution in [0.15, 0.2) is 29.2 Å². The van der Waals surface area contributed by atoms with Crippen LogP contribution >= 0.6 is 0 Å². The average Bonchev–Trinajstić information content (AvgIpc) is 2.34. The van der Waals surface area contributed by atoms with Crippen molar-refractivity contribution in [2.45, 2.75) is 17.4 Å². The Bertz CT molecular complexity index is 599. The number of hydrogen-bond acceptors (Lipinski definition) is 5. The monoisotopic (exact) mass is 301 g/mol. The normalized spacial score (nSPS) is 18.3. The molecule has 2 rings (SSSR count). The van der Waals surface area contributed by atoms with Gasteiger partial charge in [0.05, 0.1) is 10.5 Å². The molecule has 0 bridgehead atoms. The third kappa shape index (κ3) is 3.09. The molecular formula is C12H15NO6S. The number of aliphatic carboxylic acids is 1. The van der Waals surface area contributed by atoms with Crippen LogP contribution in [0.25, 0.3) is 0 Å². The van der Waals surface area contributed by atoms with E-state index in [2.05, 4.69) is 0 Å². The molecule has 110 valence electrons. The van der Waals surface area contributed by atoms with E-state index in [9.17, 15) is 18.3 Å². The van der Waals surface area contributed by atoms with Crippen LogP contribution in [-0.4, -0.2) is 54.2 Å². The molecule has 0 radical (unpaired) electrons. The second-order valence-electron chi connectivity index (χ2n) is 4.92. The minimum Gasteiger partial charge on any atom is -0.482 e. The van der Waals surface area contributed by atoms with E-state index >= 15 is 0 Å². The van der Waals surface area contributed by atoms with E-state index < -0.39 is 28.2 Å². The summed E-state index contributed by atoms with van der Waals surface area (Å²) in [6, 6.07) is 5.49. The molecule has 1 fully saturated rings. The summed E-state index contributed by atoms with van der Waals surface area (Å²) < 4.78 is 30.4.